The molecule has 2 aromatic rings. The first-order valence-corrected chi connectivity index (χ1v) is 3.80. The van der Waals surface area contributed by atoms with Crippen LogP contribution in [0.5, 0.6) is 0 Å². The number of fused-ring (bicyclic) bond motifs is 1. The number of aromatic nitrogens is 3. The van der Waals surface area contributed by atoms with E-state index in [0.29, 0.717) is 5.52 Å². The molecule has 0 aliphatic rings. The van der Waals surface area contributed by atoms with Crippen molar-refractivity contribution in [2.75, 3.05) is 0 Å². The molecule has 1 aromatic carbocycles. The summed E-state index contributed by atoms with van der Waals surface area (Å²) in [5.74, 6) is 0. The van der Waals surface area contributed by atoms with Gasteiger partial charge in [0.15, 0.2) is 5.52 Å². The number of nitrogens with zero attached hydrogens (tertiary/aromatic N) is 2. The molecule has 0 spiro atoms. The Bertz CT molecular complexity index is 437. The van der Waals surface area contributed by atoms with E-state index in [0.717, 1.165) is 10.4 Å². The number of nitrogens with one attached hydrogen (secondary N) is 1. The summed E-state index contributed by atoms with van der Waals surface area (Å²) in [6.45, 7) is 0. The fourth-order valence-electron chi connectivity index (χ4n) is 0.898. The van der Waals surface area contributed by atoms with Gasteiger partial charge < -0.3 is 22.5 Å². The maximum absolute atomic E-state index is 9.75. The Hall–Kier alpha value is -1.80. The van der Waals surface area contributed by atoms with Crippen LogP contribution in [0.3, 0.4) is 0 Å². The van der Waals surface area contributed by atoms with E-state index in [1.165, 1.54) is 0 Å². The Morgan fingerprint density at radius 3 is 2.27 bits per heavy atom. The third-order valence-electron chi connectivity index (χ3n) is 1.38. The fraction of sp³-hybridized carbons (Fsp3) is 0. The first-order chi connectivity index (χ1) is 6.88. The molecule has 0 amide bonds. The average Bonchev–Trinajstić information content (AvgIpc) is 2.46. The van der Waals surface area contributed by atoms with Gasteiger partial charge in [-0.2, -0.15) is 0 Å². The van der Waals surface area contributed by atoms with Crippen LogP contribution < -0.4 is 5.10 Å². The van der Waals surface area contributed by atoms with Gasteiger partial charge in [0.25, 0.3) is 0 Å². The Morgan fingerprint density at radius 2 is 1.73 bits per heavy atom. The third-order valence-corrected chi connectivity index (χ3v) is 1.38. The molecular weight excluding hydrogens is 217 g/mol. The smallest absolute Gasteiger partial charge is 0.418 e. The van der Waals surface area contributed by atoms with E-state index in [-0.39, 0.29) is 0 Å². The van der Waals surface area contributed by atoms with E-state index >= 15 is 0 Å². The highest BCUT2D eigenvalue weighted by atomic mass is 19.5. The van der Waals surface area contributed by atoms with Crippen LogP contribution in [-0.4, -0.2) is 22.5 Å². The van der Waals surface area contributed by atoms with Gasteiger partial charge in [-0.05, 0) is 12.1 Å². The highest BCUT2D eigenvalue weighted by molar-refractivity contribution is 6.50. The molecule has 15 heavy (non-hydrogen) atoms. The minimum Gasteiger partial charge on any atom is -0.418 e. The van der Waals surface area contributed by atoms with Crippen molar-refractivity contribution in [2.24, 2.45) is 0 Å². The molecule has 0 aliphatic heterocycles. The van der Waals surface area contributed by atoms with E-state index in [4.69, 9.17) is 5.21 Å². The maximum Gasteiger partial charge on any atom is 0.673 e. The Labute approximate surface area is 81.2 Å². The van der Waals surface area contributed by atoms with Crippen molar-refractivity contribution in [3.05, 3.63) is 24.3 Å². The molecule has 82 valence electrons. The molecular formula is C6H6BF4N3O. The Morgan fingerprint density at radius 1 is 1.20 bits per heavy atom. The van der Waals surface area contributed by atoms with Crippen molar-refractivity contribution in [3.8, 4) is 0 Å². The number of para-hydroxylation sites is 2. The lowest BCUT2D eigenvalue weighted by Crippen LogP contribution is -2.04. The lowest BCUT2D eigenvalue weighted by Gasteiger charge is -1.94. The van der Waals surface area contributed by atoms with Gasteiger partial charge in [-0.1, -0.05) is 12.1 Å². The lowest BCUT2D eigenvalue weighted by molar-refractivity contribution is -0.437. The molecule has 0 atom stereocenters. The second-order valence-corrected chi connectivity index (χ2v) is 2.51. The van der Waals surface area contributed by atoms with Crippen LogP contribution in [0.4, 0.5) is 17.3 Å². The standard InChI is InChI=1S/C6H5N3O.BF4/c10-9-6-4-2-1-3-5(6)7-8-9;2-1(3,4)5/h1-4,10H;/q;-1/p+1. The SMILES string of the molecule is F[B-](F)(F)F.On1n[nH+]c2ccccc21. The zero-order valence-electron chi connectivity index (χ0n) is 7.24. The van der Waals surface area contributed by atoms with Crippen molar-refractivity contribution in [2.45, 2.75) is 0 Å². The molecule has 0 fully saturated rings. The van der Waals surface area contributed by atoms with Crippen molar-refractivity contribution in [3.63, 3.8) is 0 Å². The van der Waals surface area contributed by atoms with Gasteiger partial charge in [0.05, 0.1) is 4.85 Å². The van der Waals surface area contributed by atoms with Gasteiger partial charge in [0.1, 0.15) is 5.21 Å². The molecule has 0 aliphatic carbocycles. The highest BCUT2D eigenvalue weighted by Crippen LogP contribution is 2.06. The van der Waals surface area contributed by atoms with Crippen LogP contribution in [0.15, 0.2) is 24.3 Å². The molecule has 0 saturated heterocycles. The van der Waals surface area contributed by atoms with Crippen LogP contribution in [-0.2, 0) is 0 Å². The monoisotopic (exact) mass is 223 g/mol. The van der Waals surface area contributed by atoms with Crippen molar-refractivity contribution < 1.29 is 27.6 Å². The zero-order chi connectivity index (χ0) is 11.5. The molecule has 9 heteroatoms. The second kappa shape index (κ2) is 4.15. The number of halogens is 4. The zero-order valence-corrected chi connectivity index (χ0v) is 7.24. The number of benzene rings is 1. The molecule has 4 nitrogen and oxygen atoms in total. The predicted molar refractivity (Wildman–Crippen MR) is 43.7 cm³/mol. The van der Waals surface area contributed by atoms with Crippen LogP contribution >= 0.6 is 0 Å². The number of hydrogen-bond acceptors (Lipinski definition) is 2. The molecule has 0 radical (unpaired) electrons. The summed E-state index contributed by atoms with van der Waals surface area (Å²) >= 11 is 0. The van der Waals surface area contributed by atoms with Gasteiger partial charge in [0.2, 0.25) is 5.52 Å². The third kappa shape index (κ3) is 3.84. The van der Waals surface area contributed by atoms with Gasteiger partial charge >= 0.3 is 7.25 Å². The topological polar surface area (TPSA) is 52.2 Å². The molecule has 0 bridgehead atoms. The van der Waals surface area contributed by atoms with E-state index in [2.05, 4.69) is 10.3 Å². The minimum absolute atomic E-state index is 0.683. The molecule has 0 saturated carbocycles. The van der Waals surface area contributed by atoms with Gasteiger partial charge in [-0.25, -0.2) is 0 Å². The van der Waals surface area contributed by atoms with Gasteiger partial charge in [-0.15, -0.1) is 5.10 Å². The summed E-state index contributed by atoms with van der Waals surface area (Å²) in [6, 6.07) is 7.33. The average molecular weight is 223 g/mol. The summed E-state index contributed by atoms with van der Waals surface area (Å²) in [6.07, 6.45) is 0. The van der Waals surface area contributed by atoms with Gasteiger partial charge in [0, 0.05) is 0 Å². The predicted octanol–water partition coefficient (Wildman–Crippen LogP) is 1.39. The van der Waals surface area contributed by atoms with Crippen LogP contribution in [0, 0.1) is 0 Å². The highest BCUT2D eigenvalue weighted by Gasteiger charge is 2.20. The Balaban J connectivity index is 0.000000195. The van der Waals surface area contributed by atoms with Crippen LogP contribution in [0.2, 0.25) is 0 Å². The lowest BCUT2D eigenvalue weighted by atomic mass is 10.3. The van der Waals surface area contributed by atoms with E-state index in [9.17, 15) is 17.3 Å². The minimum atomic E-state index is -6.00. The van der Waals surface area contributed by atoms with Crippen molar-refractivity contribution in [1.29, 1.82) is 0 Å². The maximum atomic E-state index is 9.75. The molecule has 2 N–H and O–H groups in total. The van der Waals surface area contributed by atoms with Crippen LogP contribution in [0.25, 0.3) is 11.0 Å². The first kappa shape index (κ1) is 11.3. The number of aromatic amines is 1. The Kier molecular flexibility index (Phi) is 3.12. The quantitative estimate of drug-likeness (QED) is 0.416. The summed E-state index contributed by atoms with van der Waals surface area (Å²) in [5.41, 5.74) is 1.51. The van der Waals surface area contributed by atoms with Crippen molar-refractivity contribution >= 4 is 18.3 Å². The van der Waals surface area contributed by atoms with Gasteiger partial charge in [-0.3, -0.25) is 0 Å². The van der Waals surface area contributed by atoms with E-state index in [1.807, 2.05) is 18.2 Å². The summed E-state index contributed by atoms with van der Waals surface area (Å²) in [4.78, 5) is 0.815. The van der Waals surface area contributed by atoms with Crippen molar-refractivity contribution in [1.82, 2.24) is 10.1 Å². The van der Waals surface area contributed by atoms with Crippen LogP contribution in [0.1, 0.15) is 0 Å². The molecule has 0 unspecified atom stereocenters. The van der Waals surface area contributed by atoms with E-state index in [1.54, 1.807) is 6.07 Å². The summed E-state index contributed by atoms with van der Waals surface area (Å²) < 4.78 is 39.0. The summed E-state index contributed by atoms with van der Waals surface area (Å²) in [7, 11) is -6.00. The molecule has 1 heterocycles. The normalized spacial score (nSPS) is 10.9. The fourth-order valence-corrected chi connectivity index (χ4v) is 0.898. The second-order valence-electron chi connectivity index (χ2n) is 2.51. The number of H-pyrrole nitrogens is 1. The largest absolute Gasteiger partial charge is 0.673 e. The number of rotatable bonds is 0. The summed E-state index contributed by atoms with van der Waals surface area (Å²) in [5, 5.41) is 15.2. The first-order valence-electron chi connectivity index (χ1n) is 3.80. The number of hydrogen-bond donors (Lipinski definition) is 1. The molecule has 1 aromatic heterocycles. The molecule has 2 rings (SSSR count). The van der Waals surface area contributed by atoms with E-state index < -0.39 is 7.25 Å².